The first-order chi connectivity index (χ1) is 17.9. The van der Waals surface area contributed by atoms with E-state index < -0.39 is 6.17 Å². The Kier molecular flexibility index (Phi) is 8.31. The van der Waals surface area contributed by atoms with Gasteiger partial charge in [-0.3, -0.25) is 4.79 Å². The zero-order valence-corrected chi connectivity index (χ0v) is 21.6. The third-order valence-corrected chi connectivity index (χ3v) is 6.37. The highest BCUT2D eigenvalue weighted by Crippen LogP contribution is 2.26. The van der Waals surface area contributed by atoms with Gasteiger partial charge < -0.3 is 25.6 Å². The summed E-state index contributed by atoms with van der Waals surface area (Å²) in [6.45, 7) is 3.56. The third-order valence-electron chi connectivity index (χ3n) is 6.37. The van der Waals surface area contributed by atoms with E-state index in [1.807, 2.05) is 49.2 Å². The van der Waals surface area contributed by atoms with E-state index in [1.165, 1.54) is 0 Å². The standard InChI is InChI=1S/C28H33FN6O2/c1-5-8-20-22(9-7-15-31-24-13-12-19(28(36)30-2)17-26(24)37-4)33-35-25(20)10-6-11-27(35)32-23-14-16-34(3)18-21(23)29/h5-6,8,10-13,17,21,23,31-32H,14-16,18H2,1-4H3,(H,30,36)/b8-5-/t21-,23+/m0/s1. The van der Waals surface area contributed by atoms with Crippen LogP contribution in [0.25, 0.3) is 11.6 Å². The molecule has 1 saturated heterocycles. The number of likely N-dealkylation sites (tertiary alicyclic amines) is 1. The van der Waals surface area contributed by atoms with Crippen molar-refractivity contribution in [3.63, 3.8) is 0 Å². The van der Waals surface area contributed by atoms with Crippen molar-refractivity contribution < 1.29 is 13.9 Å². The maximum Gasteiger partial charge on any atom is 0.251 e. The average Bonchev–Trinajstić information content (AvgIpc) is 3.26. The molecule has 2 atom stereocenters. The van der Waals surface area contributed by atoms with Crippen molar-refractivity contribution in [2.45, 2.75) is 25.6 Å². The number of nitrogens with zero attached hydrogens (tertiary/aromatic N) is 3. The Morgan fingerprint density at radius 3 is 2.89 bits per heavy atom. The second-order valence-electron chi connectivity index (χ2n) is 8.94. The Balaban J connectivity index is 1.55. The van der Waals surface area contributed by atoms with Gasteiger partial charge >= 0.3 is 0 Å². The van der Waals surface area contributed by atoms with E-state index >= 15 is 0 Å². The van der Waals surface area contributed by atoms with Gasteiger partial charge in [-0.2, -0.15) is 5.10 Å². The SMILES string of the molecule is C/C=C\c1c(C#CCNc2ccc(C(=O)NC)cc2OC)nn2c(N[C@@H]3CCN(C)C[C@@H]3F)cccc12. The third kappa shape index (κ3) is 5.87. The first-order valence-corrected chi connectivity index (χ1v) is 12.3. The monoisotopic (exact) mass is 504 g/mol. The molecule has 3 aromatic rings. The van der Waals surface area contributed by atoms with Gasteiger partial charge in [0.15, 0.2) is 0 Å². The van der Waals surface area contributed by atoms with E-state index in [4.69, 9.17) is 9.84 Å². The minimum atomic E-state index is -0.952. The van der Waals surface area contributed by atoms with Gasteiger partial charge in [0.2, 0.25) is 0 Å². The van der Waals surface area contributed by atoms with Gasteiger partial charge in [-0.05, 0) is 56.6 Å². The van der Waals surface area contributed by atoms with Crippen molar-refractivity contribution in [3.05, 3.63) is 59.3 Å². The molecule has 3 N–H and O–H groups in total. The Morgan fingerprint density at radius 2 is 2.16 bits per heavy atom. The number of rotatable bonds is 7. The number of hydrogen-bond acceptors (Lipinski definition) is 6. The number of carbonyl (C=O) groups is 1. The van der Waals surface area contributed by atoms with Crippen molar-refractivity contribution in [1.82, 2.24) is 19.8 Å². The minimum absolute atomic E-state index is 0.181. The van der Waals surface area contributed by atoms with Crippen LogP contribution in [-0.4, -0.2) is 73.5 Å². The smallest absolute Gasteiger partial charge is 0.251 e. The molecule has 4 rings (SSSR count). The lowest BCUT2D eigenvalue weighted by atomic mass is 10.0. The summed E-state index contributed by atoms with van der Waals surface area (Å²) < 4.78 is 21.9. The highest BCUT2D eigenvalue weighted by atomic mass is 19.1. The molecule has 0 bridgehead atoms. The first kappa shape index (κ1) is 26.0. The molecule has 2 aromatic heterocycles. The number of hydrogen-bond donors (Lipinski definition) is 3. The van der Waals surface area contributed by atoms with Crippen LogP contribution in [0.4, 0.5) is 15.9 Å². The molecule has 0 spiro atoms. The quantitative estimate of drug-likeness (QED) is 0.426. The number of alkyl halides is 1. The van der Waals surface area contributed by atoms with Crippen molar-refractivity contribution in [2.75, 3.05) is 51.5 Å². The van der Waals surface area contributed by atoms with E-state index in [0.29, 0.717) is 30.1 Å². The molecule has 3 heterocycles. The molecule has 37 heavy (non-hydrogen) atoms. The van der Waals surface area contributed by atoms with E-state index in [-0.39, 0.29) is 11.9 Å². The number of nitrogens with one attached hydrogen (secondary N) is 3. The summed E-state index contributed by atoms with van der Waals surface area (Å²) in [4.78, 5) is 13.9. The Morgan fingerprint density at radius 1 is 1.32 bits per heavy atom. The fourth-order valence-corrected chi connectivity index (χ4v) is 4.42. The molecule has 0 radical (unpaired) electrons. The number of pyridine rings is 1. The number of anilines is 2. The van der Waals surface area contributed by atoms with Gasteiger partial charge in [-0.15, -0.1) is 0 Å². The van der Waals surface area contributed by atoms with Crippen molar-refractivity contribution >= 4 is 29.0 Å². The molecule has 9 heteroatoms. The lowest BCUT2D eigenvalue weighted by Gasteiger charge is -2.33. The number of aromatic nitrogens is 2. The predicted molar refractivity (Wildman–Crippen MR) is 146 cm³/mol. The number of carbonyl (C=O) groups excluding carboxylic acids is 1. The van der Waals surface area contributed by atoms with Crippen LogP contribution in [0, 0.1) is 11.8 Å². The molecular formula is C28H33FN6O2. The van der Waals surface area contributed by atoms with Gasteiger partial charge in [0.1, 0.15) is 23.4 Å². The normalized spacial score (nSPS) is 17.9. The fourth-order valence-electron chi connectivity index (χ4n) is 4.42. The fraction of sp³-hybridized carbons (Fsp3) is 0.357. The summed E-state index contributed by atoms with van der Waals surface area (Å²) in [6.07, 6.45) is 3.71. The first-order valence-electron chi connectivity index (χ1n) is 12.3. The maximum atomic E-state index is 14.7. The number of methoxy groups -OCH3 is 1. The van der Waals surface area contributed by atoms with Crippen molar-refractivity contribution in [2.24, 2.45) is 0 Å². The summed E-state index contributed by atoms with van der Waals surface area (Å²) in [5.41, 5.74) is 3.69. The van der Waals surface area contributed by atoms with E-state index in [9.17, 15) is 9.18 Å². The van der Waals surface area contributed by atoms with Crippen LogP contribution in [0.3, 0.4) is 0 Å². The zero-order chi connectivity index (χ0) is 26.4. The molecule has 8 nitrogen and oxygen atoms in total. The summed E-state index contributed by atoms with van der Waals surface area (Å²) in [5, 5.41) is 14.0. The zero-order valence-electron chi connectivity index (χ0n) is 21.6. The van der Waals surface area contributed by atoms with Gasteiger partial charge in [-0.1, -0.05) is 24.1 Å². The predicted octanol–water partition coefficient (Wildman–Crippen LogP) is 3.65. The van der Waals surface area contributed by atoms with Crippen LogP contribution in [-0.2, 0) is 0 Å². The average molecular weight is 505 g/mol. The van der Waals surface area contributed by atoms with E-state index in [1.54, 1.807) is 36.9 Å². The molecular weight excluding hydrogens is 471 g/mol. The second kappa shape index (κ2) is 11.8. The number of piperidine rings is 1. The van der Waals surface area contributed by atoms with Crippen molar-refractivity contribution in [1.29, 1.82) is 0 Å². The number of amides is 1. The van der Waals surface area contributed by atoms with Gasteiger partial charge in [0.25, 0.3) is 5.91 Å². The van der Waals surface area contributed by atoms with Crippen LogP contribution in [0.1, 0.15) is 35.0 Å². The number of halogens is 1. The lowest BCUT2D eigenvalue weighted by Crippen LogP contribution is -2.46. The topological polar surface area (TPSA) is 82.9 Å². The highest BCUT2D eigenvalue weighted by molar-refractivity contribution is 5.95. The summed E-state index contributed by atoms with van der Waals surface area (Å²) in [5.74, 6) is 7.42. The molecule has 0 saturated carbocycles. The largest absolute Gasteiger partial charge is 0.495 e. The van der Waals surface area contributed by atoms with Crippen LogP contribution in [0.15, 0.2) is 42.5 Å². The van der Waals surface area contributed by atoms with Gasteiger partial charge in [0.05, 0.1) is 30.9 Å². The molecule has 1 aromatic carbocycles. The molecule has 194 valence electrons. The van der Waals surface area contributed by atoms with Crippen LogP contribution >= 0.6 is 0 Å². The second-order valence-corrected chi connectivity index (χ2v) is 8.94. The molecule has 1 aliphatic heterocycles. The van der Waals surface area contributed by atoms with Crippen LogP contribution in [0.5, 0.6) is 5.75 Å². The lowest BCUT2D eigenvalue weighted by molar-refractivity contribution is 0.0962. The Labute approximate surface area is 216 Å². The molecule has 1 aliphatic rings. The molecule has 0 aliphatic carbocycles. The molecule has 1 amide bonds. The number of fused-ring (bicyclic) bond motifs is 1. The summed E-state index contributed by atoms with van der Waals surface area (Å²) in [6, 6.07) is 10.8. The number of ether oxygens (including phenoxy) is 1. The molecule has 0 unspecified atom stereocenters. The van der Waals surface area contributed by atoms with Crippen LogP contribution in [0.2, 0.25) is 0 Å². The van der Waals surface area contributed by atoms with E-state index in [2.05, 4.69) is 27.8 Å². The number of allylic oxidation sites excluding steroid dienone is 1. The highest BCUT2D eigenvalue weighted by Gasteiger charge is 2.28. The Hall–Kier alpha value is -4.03. The summed E-state index contributed by atoms with van der Waals surface area (Å²) in [7, 11) is 5.09. The summed E-state index contributed by atoms with van der Waals surface area (Å²) >= 11 is 0. The van der Waals surface area contributed by atoms with Gasteiger partial charge in [-0.25, -0.2) is 8.91 Å². The van der Waals surface area contributed by atoms with Gasteiger partial charge in [0, 0.05) is 31.3 Å². The Bertz CT molecular complexity index is 1360. The van der Waals surface area contributed by atoms with Crippen molar-refractivity contribution in [3.8, 4) is 17.6 Å². The number of benzene rings is 1. The van der Waals surface area contributed by atoms with E-state index in [0.717, 1.165) is 35.6 Å². The minimum Gasteiger partial charge on any atom is -0.495 e. The maximum absolute atomic E-state index is 14.7. The van der Waals surface area contributed by atoms with Crippen LogP contribution < -0.4 is 20.7 Å². The molecule has 1 fully saturated rings.